The number of hydrogen-bond donors (Lipinski definition) is 1. The van der Waals surface area contributed by atoms with Crippen LogP contribution in [0.25, 0.3) is 0 Å². The van der Waals surface area contributed by atoms with Crippen LogP contribution < -0.4 is 5.32 Å². The van der Waals surface area contributed by atoms with E-state index in [1.165, 1.54) is 16.7 Å². The predicted molar refractivity (Wildman–Crippen MR) is 100 cm³/mol. The molecule has 1 unspecified atom stereocenters. The molecule has 1 nitrogen and oxygen atoms in total. The summed E-state index contributed by atoms with van der Waals surface area (Å²) in [7, 11) is 0. The standard InChI is InChI=1S/C18H21ClIN/c1-4-21-18(15-9-10-17(20)16(19)11-15)14-7-5-13(6-8-14)12(2)3/h5-12,18,21H,4H2,1-3H3. The lowest BCUT2D eigenvalue weighted by atomic mass is 9.95. The van der Waals surface area contributed by atoms with Gasteiger partial charge in [0, 0.05) is 3.57 Å². The van der Waals surface area contributed by atoms with E-state index < -0.39 is 0 Å². The zero-order chi connectivity index (χ0) is 15.4. The van der Waals surface area contributed by atoms with Crippen LogP contribution in [0.1, 0.15) is 49.4 Å². The molecule has 21 heavy (non-hydrogen) atoms. The molecule has 0 spiro atoms. The first kappa shape index (κ1) is 16.8. The Hall–Kier alpha value is -0.580. The summed E-state index contributed by atoms with van der Waals surface area (Å²) in [6, 6.07) is 15.3. The maximum Gasteiger partial charge on any atom is 0.0577 e. The summed E-state index contributed by atoms with van der Waals surface area (Å²) >= 11 is 8.54. The van der Waals surface area contributed by atoms with Gasteiger partial charge in [0.2, 0.25) is 0 Å². The van der Waals surface area contributed by atoms with E-state index in [9.17, 15) is 0 Å². The topological polar surface area (TPSA) is 12.0 Å². The normalized spacial score (nSPS) is 12.7. The van der Waals surface area contributed by atoms with Crippen molar-refractivity contribution in [3.8, 4) is 0 Å². The van der Waals surface area contributed by atoms with Gasteiger partial charge in [-0.1, -0.05) is 62.7 Å². The lowest BCUT2D eigenvalue weighted by molar-refractivity contribution is 0.630. The Morgan fingerprint density at radius 2 is 1.57 bits per heavy atom. The highest BCUT2D eigenvalue weighted by atomic mass is 127. The summed E-state index contributed by atoms with van der Waals surface area (Å²) in [5.74, 6) is 0.560. The molecule has 1 N–H and O–H groups in total. The molecule has 2 aromatic rings. The minimum atomic E-state index is 0.186. The smallest absolute Gasteiger partial charge is 0.0577 e. The third kappa shape index (κ3) is 4.21. The molecule has 3 heteroatoms. The summed E-state index contributed by atoms with van der Waals surface area (Å²) in [5.41, 5.74) is 3.85. The van der Waals surface area contributed by atoms with Gasteiger partial charge >= 0.3 is 0 Å². The van der Waals surface area contributed by atoms with Gasteiger partial charge in [-0.25, -0.2) is 0 Å². The van der Waals surface area contributed by atoms with Crippen LogP contribution in [-0.4, -0.2) is 6.54 Å². The van der Waals surface area contributed by atoms with Crippen molar-refractivity contribution in [1.29, 1.82) is 0 Å². The Morgan fingerprint density at radius 3 is 2.10 bits per heavy atom. The van der Waals surface area contributed by atoms with Crippen LogP contribution in [0.15, 0.2) is 42.5 Å². The van der Waals surface area contributed by atoms with Gasteiger partial charge in [0.25, 0.3) is 0 Å². The Kier molecular flexibility index (Phi) is 6.08. The fraction of sp³-hybridized carbons (Fsp3) is 0.333. The molecule has 0 saturated carbocycles. The molecule has 2 aromatic carbocycles. The Morgan fingerprint density at radius 1 is 1.00 bits per heavy atom. The second kappa shape index (κ2) is 7.61. The van der Waals surface area contributed by atoms with Crippen LogP contribution in [0.4, 0.5) is 0 Å². The van der Waals surface area contributed by atoms with Crippen LogP contribution >= 0.6 is 34.2 Å². The van der Waals surface area contributed by atoms with Gasteiger partial charge in [0.1, 0.15) is 0 Å². The number of hydrogen-bond acceptors (Lipinski definition) is 1. The summed E-state index contributed by atoms with van der Waals surface area (Å²) < 4.78 is 1.09. The van der Waals surface area contributed by atoms with Gasteiger partial charge < -0.3 is 5.32 Å². The van der Waals surface area contributed by atoms with Crippen molar-refractivity contribution >= 4 is 34.2 Å². The molecular formula is C18H21ClIN. The molecule has 0 saturated heterocycles. The van der Waals surface area contributed by atoms with Gasteiger partial charge in [0.05, 0.1) is 11.1 Å². The third-order valence-electron chi connectivity index (χ3n) is 3.62. The van der Waals surface area contributed by atoms with Crippen molar-refractivity contribution in [3.63, 3.8) is 0 Å². The van der Waals surface area contributed by atoms with Crippen LogP contribution in [0, 0.1) is 3.57 Å². The van der Waals surface area contributed by atoms with E-state index in [4.69, 9.17) is 11.6 Å². The van der Waals surface area contributed by atoms with Crippen molar-refractivity contribution in [1.82, 2.24) is 5.32 Å². The average Bonchev–Trinajstić information content (AvgIpc) is 2.48. The van der Waals surface area contributed by atoms with Crippen molar-refractivity contribution in [2.75, 3.05) is 6.54 Å². The summed E-state index contributed by atoms with van der Waals surface area (Å²) in [5, 5.41) is 4.36. The minimum Gasteiger partial charge on any atom is -0.307 e. The fourth-order valence-electron chi connectivity index (χ4n) is 2.40. The Labute approximate surface area is 146 Å². The molecule has 0 aliphatic rings. The molecule has 0 bridgehead atoms. The molecule has 2 rings (SSSR count). The minimum absolute atomic E-state index is 0.186. The predicted octanol–water partition coefficient (Wildman–Crippen LogP) is 5.77. The Bertz CT molecular complexity index is 593. The molecule has 0 fully saturated rings. The fourth-order valence-corrected chi connectivity index (χ4v) is 2.92. The zero-order valence-electron chi connectivity index (χ0n) is 12.7. The van der Waals surface area contributed by atoms with Crippen LogP contribution in [0.2, 0.25) is 5.02 Å². The first-order valence-electron chi connectivity index (χ1n) is 7.31. The van der Waals surface area contributed by atoms with E-state index in [0.717, 1.165) is 15.1 Å². The highest BCUT2D eigenvalue weighted by Crippen LogP contribution is 2.28. The monoisotopic (exact) mass is 413 g/mol. The largest absolute Gasteiger partial charge is 0.307 e. The molecule has 0 aliphatic carbocycles. The SMILES string of the molecule is CCNC(c1ccc(C(C)C)cc1)c1ccc(I)c(Cl)c1. The van der Waals surface area contributed by atoms with Gasteiger partial charge in [-0.3, -0.25) is 0 Å². The maximum atomic E-state index is 6.28. The first-order chi connectivity index (χ1) is 10.0. The molecule has 0 aromatic heterocycles. The zero-order valence-corrected chi connectivity index (χ0v) is 15.6. The highest BCUT2D eigenvalue weighted by Gasteiger charge is 2.14. The van der Waals surface area contributed by atoms with Gasteiger partial charge in [0.15, 0.2) is 0 Å². The number of halogens is 2. The summed E-state index contributed by atoms with van der Waals surface area (Å²) in [6.45, 7) is 7.48. The van der Waals surface area contributed by atoms with Crippen LogP contribution in [0.3, 0.4) is 0 Å². The van der Waals surface area contributed by atoms with E-state index in [1.54, 1.807) is 0 Å². The summed E-state index contributed by atoms with van der Waals surface area (Å²) in [4.78, 5) is 0. The molecule has 0 heterocycles. The molecule has 0 radical (unpaired) electrons. The molecule has 1 atom stereocenters. The first-order valence-corrected chi connectivity index (χ1v) is 8.76. The van der Waals surface area contributed by atoms with Crippen molar-refractivity contribution in [2.24, 2.45) is 0 Å². The van der Waals surface area contributed by atoms with Gasteiger partial charge in [-0.15, -0.1) is 0 Å². The van der Waals surface area contributed by atoms with E-state index in [1.807, 2.05) is 0 Å². The molecule has 0 aliphatic heterocycles. The molecule has 112 valence electrons. The highest BCUT2D eigenvalue weighted by molar-refractivity contribution is 14.1. The van der Waals surface area contributed by atoms with Crippen molar-refractivity contribution in [2.45, 2.75) is 32.7 Å². The molecular weight excluding hydrogens is 393 g/mol. The van der Waals surface area contributed by atoms with Crippen LogP contribution in [-0.2, 0) is 0 Å². The van der Waals surface area contributed by atoms with E-state index in [2.05, 4.69) is 91.1 Å². The number of nitrogens with one attached hydrogen (secondary N) is 1. The second-order valence-electron chi connectivity index (χ2n) is 5.49. The van der Waals surface area contributed by atoms with Crippen molar-refractivity contribution < 1.29 is 0 Å². The average molecular weight is 414 g/mol. The third-order valence-corrected chi connectivity index (χ3v) is 5.19. The van der Waals surface area contributed by atoms with E-state index in [0.29, 0.717) is 5.92 Å². The van der Waals surface area contributed by atoms with E-state index in [-0.39, 0.29) is 6.04 Å². The number of rotatable bonds is 5. The lowest BCUT2D eigenvalue weighted by Gasteiger charge is -2.20. The van der Waals surface area contributed by atoms with Crippen LogP contribution in [0.5, 0.6) is 0 Å². The molecule has 0 amide bonds. The van der Waals surface area contributed by atoms with E-state index >= 15 is 0 Å². The second-order valence-corrected chi connectivity index (χ2v) is 7.05. The summed E-state index contributed by atoms with van der Waals surface area (Å²) in [6.07, 6.45) is 0. The van der Waals surface area contributed by atoms with Gasteiger partial charge in [-0.2, -0.15) is 0 Å². The van der Waals surface area contributed by atoms with Gasteiger partial charge in [-0.05, 0) is 63.9 Å². The Balaban J connectivity index is 2.35. The number of benzene rings is 2. The quantitative estimate of drug-likeness (QED) is 0.614. The maximum absolute atomic E-state index is 6.28. The lowest BCUT2D eigenvalue weighted by Crippen LogP contribution is -2.22. The van der Waals surface area contributed by atoms with Crippen molar-refractivity contribution in [3.05, 3.63) is 67.7 Å².